The molecule has 0 aromatic heterocycles. The van der Waals surface area contributed by atoms with Crippen molar-refractivity contribution in [3.8, 4) is 0 Å². The van der Waals surface area contributed by atoms with Crippen LogP contribution in [-0.4, -0.2) is 18.3 Å². The van der Waals surface area contributed by atoms with E-state index < -0.39 is 6.09 Å². The van der Waals surface area contributed by atoms with Crippen molar-refractivity contribution < 1.29 is 13.8 Å². The van der Waals surface area contributed by atoms with E-state index in [1.54, 1.807) is 6.26 Å². The summed E-state index contributed by atoms with van der Waals surface area (Å²) in [5, 5.41) is 5.38. The Morgan fingerprint density at radius 2 is 1.39 bits per heavy atom. The van der Waals surface area contributed by atoms with E-state index in [-0.39, 0.29) is 5.91 Å². The van der Waals surface area contributed by atoms with Gasteiger partial charge in [0.05, 0.1) is 12.0 Å². The third-order valence-electron chi connectivity index (χ3n) is 3.04. The number of anilines is 2. The molecule has 0 fully saturated rings. The molecule has 120 valence electrons. The molecule has 6 heteroatoms. The van der Waals surface area contributed by atoms with Gasteiger partial charge in [-0.1, -0.05) is 24.3 Å². The fourth-order valence-corrected chi connectivity index (χ4v) is 2.26. The van der Waals surface area contributed by atoms with Crippen molar-refractivity contribution in [3.63, 3.8) is 0 Å². The van der Waals surface area contributed by atoms with E-state index in [0.717, 1.165) is 35.3 Å². The molecule has 5 nitrogen and oxygen atoms in total. The van der Waals surface area contributed by atoms with Gasteiger partial charge in [-0.2, -0.15) is 0 Å². The van der Waals surface area contributed by atoms with Crippen LogP contribution in [0.3, 0.4) is 0 Å². The van der Waals surface area contributed by atoms with Gasteiger partial charge in [0.2, 0.25) is 5.91 Å². The minimum Gasteiger partial charge on any atom is -0.375 e. The quantitative estimate of drug-likeness (QED) is 0.811. The number of nitrogens with one attached hydrogen (secondary N) is 2. The Morgan fingerprint density at radius 1 is 0.913 bits per heavy atom. The largest absolute Gasteiger partial charge is 0.423 e. The minimum atomic E-state index is -0.487. The van der Waals surface area contributed by atoms with Gasteiger partial charge >= 0.3 is 6.09 Å². The first-order valence-electron chi connectivity index (χ1n) is 7.04. The molecule has 2 rings (SSSR count). The number of hydrogen-bond donors (Lipinski definition) is 2. The summed E-state index contributed by atoms with van der Waals surface area (Å²) in [6.07, 6.45) is 1.97. The molecule has 0 radical (unpaired) electrons. The van der Waals surface area contributed by atoms with Crippen molar-refractivity contribution in [1.29, 1.82) is 0 Å². The third-order valence-corrected chi connectivity index (χ3v) is 3.36. The second-order valence-corrected chi connectivity index (χ2v) is 5.41. The summed E-state index contributed by atoms with van der Waals surface area (Å²) in [4.78, 5) is 22.3. The van der Waals surface area contributed by atoms with Gasteiger partial charge in [0.15, 0.2) is 0 Å². The summed E-state index contributed by atoms with van der Waals surface area (Å²) in [5.74, 6) is -0.0826. The highest BCUT2D eigenvalue weighted by Gasteiger charge is 2.03. The zero-order valence-electron chi connectivity index (χ0n) is 13.0. The summed E-state index contributed by atoms with van der Waals surface area (Å²) in [5.41, 5.74) is 3.74. The lowest BCUT2D eigenvalue weighted by atomic mass is 10.0. The van der Waals surface area contributed by atoms with Crippen LogP contribution in [0.2, 0.25) is 0 Å². The highest BCUT2D eigenvalue weighted by atomic mass is 32.2. The molecule has 0 heterocycles. The van der Waals surface area contributed by atoms with Crippen LogP contribution >= 0.6 is 12.0 Å². The molecule has 0 aliphatic heterocycles. The predicted octanol–water partition coefficient (Wildman–Crippen LogP) is 4.06. The minimum absolute atomic E-state index is 0.0826. The van der Waals surface area contributed by atoms with E-state index >= 15 is 0 Å². The second-order valence-electron chi connectivity index (χ2n) is 4.91. The van der Waals surface area contributed by atoms with Crippen molar-refractivity contribution in [2.45, 2.75) is 13.3 Å². The summed E-state index contributed by atoms with van der Waals surface area (Å²) in [7, 11) is 0. The zero-order chi connectivity index (χ0) is 16.7. The Balaban J connectivity index is 1.95. The second kappa shape index (κ2) is 8.24. The Kier molecular flexibility index (Phi) is 6.05. The van der Waals surface area contributed by atoms with Gasteiger partial charge in [-0.25, -0.2) is 4.79 Å². The van der Waals surface area contributed by atoms with Gasteiger partial charge in [0, 0.05) is 24.6 Å². The van der Waals surface area contributed by atoms with Crippen LogP contribution in [-0.2, 0) is 15.4 Å². The predicted molar refractivity (Wildman–Crippen MR) is 93.6 cm³/mol. The number of benzene rings is 2. The van der Waals surface area contributed by atoms with E-state index in [2.05, 4.69) is 10.6 Å². The van der Waals surface area contributed by atoms with Crippen molar-refractivity contribution in [1.82, 2.24) is 0 Å². The van der Waals surface area contributed by atoms with Crippen molar-refractivity contribution in [3.05, 3.63) is 59.7 Å². The number of carbonyl (C=O) groups excluding carboxylic acids is 2. The van der Waals surface area contributed by atoms with E-state index in [1.807, 2.05) is 48.5 Å². The number of amides is 2. The Bertz CT molecular complexity index is 669. The zero-order valence-corrected chi connectivity index (χ0v) is 13.8. The van der Waals surface area contributed by atoms with Gasteiger partial charge in [-0.05, 0) is 41.8 Å². The Hall–Kier alpha value is -2.47. The Morgan fingerprint density at radius 3 is 1.83 bits per heavy atom. The maximum Gasteiger partial charge on any atom is 0.423 e. The van der Waals surface area contributed by atoms with Crippen molar-refractivity contribution >= 4 is 35.4 Å². The van der Waals surface area contributed by atoms with E-state index in [4.69, 9.17) is 4.18 Å². The summed E-state index contributed by atoms with van der Waals surface area (Å²) in [6, 6.07) is 15.3. The molecule has 0 saturated carbocycles. The molecular formula is C17H18N2O3S. The summed E-state index contributed by atoms with van der Waals surface area (Å²) < 4.78 is 4.75. The highest BCUT2D eigenvalue weighted by molar-refractivity contribution is 7.94. The van der Waals surface area contributed by atoms with Gasteiger partial charge in [-0.3, -0.25) is 10.1 Å². The highest BCUT2D eigenvalue weighted by Crippen LogP contribution is 2.16. The fraction of sp³-hybridized carbons (Fsp3) is 0.176. The summed E-state index contributed by atoms with van der Waals surface area (Å²) in [6.45, 7) is 1.48. The van der Waals surface area contributed by atoms with Gasteiger partial charge < -0.3 is 9.50 Å². The smallest absolute Gasteiger partial charge is 0.375 e. The molecule has 0 aliphatic carbocycles. The number of carbonyl (C=O) groups is 2. The van der Waals surface area contributed by atoms with E-state index in [9.17, 15) is 9.59 Å². The van der Waals surface area contributed by atoms with Crippen LogP contribution in [0.15, 0.2) is 48.5 Å². The first kappa shape index (κ1) is 16.9. The first-order chi connectivity index (χ1) is 11.1. The van der Waals surface area contributed by atoms with E-state index in [0.29, 0.717) is 5.69 Å². The average Bonchev–Trinajstić information content (AvgIpc) is 2.51. The first-order valence-corrected chi connectivity index (χ1v) is 8.19. The molecule has 2 amide bonds. The molecule has 0 atom stereocenters. The molecule has 0 unspecified atom stereocenters. The Labute approximate surface area is 139 Å². The number of rotatable bonds is 5. The SMILES string of the molecule is CSOC(=O)Nc1ccc(Cc2ccc(NC(C)=O)cc2)cc1. The molecule has 23 heavy (non-hydrogen) atoms. The third kappa shape index (κ3) is 5.67. The molecule has 2 aromatic carbocycles. The van der Waals surface area contributed by atoms with Crippen LogP contribution in [0.25, 0.3) is 0 Å². The topological polar surface area (TPSA) is 67.4 Å². The van der Waals surface area contributed by atoms with Crippen LogP contribution in [0.5, 0.6) is 0 Å². The maximum absolute atomic E-state index is 11.3. The summed E-state index contributed by atoms with van der Waals surface area (Å²) >= 11 is 1.00. The molecule has 0 spiro atoms. The number of hydrogen-bond acceptors (Lipinski definition) is 4. The lowest BCUT2D eigenvalue weighted by molar-refractivity contribution is -0.114. The molecule has 2 N–H and O–H groups in total. The van der Waals surface area contributed by atoms with Crippen LogP contribution < -0.4 is 10.6 Å². The lowest BCUT2D eigenvalue weighted by Gasteiger charge is -2.07. The van der Waals surface area contributed by atoms with Gasteiger partial charge in [0.1, 0.15) is 0 Å². The fourth-order valence-electron chi connectivity index (χ4n) is 2.07. The molecule has 0 saturated heterocycles. The molecular weight excluding hydrogens is 312 g/mol. The van der Waals surface area contributed by atoms with Gasteiger partial charge in [0.25, 0.3) is 0 Å². The monoisotopic (exact) mass is 330 g/mol. The normalized spacial score (nSPS) is 10.0. The van der Waals surface area contributed by atoms with Crippen LogP contribution in [0.1, 0.15) is 18.1 Å². The lowest BCUT2D eigenvalue weighted by Crippen LogP contribution is -2.09. The molecule has 0 bridgehead atoms. The van der Waals surface area contributed by atoms with Gasteiger partial charge in [-0.15, -0.1) is 0 Å². The van der Waals surface area contributed by atoms with Crippen LogP contribution in [0, 0.1) is 0 Å². The van der Waals surface area contributed by atoms with Crippen LogP contribution in [0.4, 0.5) is 16.2 Å². The maximum atomic E-state index is 11.3. The van der Waals surface area contributed by atoms with Crippen molar-refractivity contribution in [2.24, 2.45) is 0 Å². The standard InChI is InChI=1S/C17H18N2O3S/c1-12(20)18-15-7-3-13(4-8-15)11-14-5-9-16(10-6-14)19-17(21)22-23-2/h3-10H,11H2,1-2H3,(H,18,20)(H,19,21). The van der Waals surface area contributed by atoms with Crippen molar-refractivity contribution in [2.75, 3.05) is 16.9 Å². The average molecular weight is 330 g/mol. The molecule has 2 aromatic rings. The molecule has 0 aliphatic rings. The van der Waals surface area contributed by atoms with E-state index in [1.165, 1.54) is 6.92 Å².